The molecule has 0 aliphatic carbocycles. The van der Waals surface area contributed by atoms with E-state index in [0.717, 1.165) is 0 Å². The van der Waals surface area contributed by atoms with E-state index in [-0.39, 0.29) is 5.69 Å². The first-order valence-electron chi connectivity index (χ1n) is 2.63. The molecule has 0 aliphatic rings. The summed E-state index contributed by atoms with van der Waals surface area (Å²) in [5.41, 5.74) is -0.116. The molecule has 3 nitrogen and oxygen atoms in total. The largest absolute Gasteiger partial charge is 0.240 e. The molecule has 56 valence electrons. The molecule has 0 amide bonds. The zero-order chi connectivity index (χ0) is 8.27. The third-order valence-corrected chi connectivity index (χ3v) is 1.39. The molecular weight excluding hydrogens is 215 g/mol. The van der Waals surface area contributed by atoms with Gasteiger partial charge in [-0.3, -0.25) is 0 Å². The van der Waals surface area contributed by atoms with Gasteiger partial charge in [-0.25, -0.2) is 9.78 Å². The van der Waals surface area contributed by atoms with Crippen molar-refractivity contribution in [1.82, 2.24) is 4.98 Å². The van der Waals surface area contributed by atoms with Gasteiger partial charge in [0.15, 0.2) is 0 Å². The van der Waals surface area contributed by atoms with Gasteiger partial charge >= 0.3 is 0 Å². The summed E-state index contributed by atoms with van der Waals surface area (Å²) in [6.45, 7) is 0. The molecule has 1 aromatic rings. The number of carbonyl (C=O) groups excluding carboxylic acids is 1. The fourth-order valence-corrected chi connectivity index (χ4v) is 0.859. The number of aliphatic imine (C=N–C) groups is 1. The molecule has 0 unspecified atom stereocenters. The summed E-state index contributed by atoms with van der Waals surface area (Å²) in [5.74, 6) is -0.781. The number of hydrogen-bond donors (Lipinski definition) is 0. The van der Waals surface area contributed by atoms with Crippen molar-refractivity contribution < 1.29 is 9.18 Å². The first-order chi connectivity index (χ1) is 5.24. The average molecular weight is 217 g/mol. The van der Waals surface area contributed by atoms with Crippen LogP contribution in [0, 0.1) is 5.95 Å². The van der Waals surface area contributed by atoms with E-state index in [0.29, 0.717) is 4.47 Å². The fourth-order valence-electron chi connectivity index (χ4n) is 0.539. The van der Waals surface area contributed by atoms with Crippen LogP contribution in [0.3, 0.4) is 0 Å². The van der Waals surface area contributed by atoms with E-state index in [1.165, 1.54) is 18.3 Å². The highest BCUT2D eigenvalue weighted by Gasteiger charge is 2.01. The molecule has 1 heterocycles. The molecule has 11 heavy (non-hydrogen) atoms. The second-order valence-corrected chi connectivity index (χ2v) is 2.58. The zero-order valence-corrected chi connectivity index (χ0v) is 6.80. The van der Waals surface area contributed by atoms with Gasteiger partial charge in [0.05, 0.1) is 0 Å². The van der Waals surface area contributed by atoms with E-state index in [4.69, 9.17) is 0 Å². The van der Waals surface area contributed by atoms with Gasteiger partial charge in [0.2, 0.25) is 12.0 Å². The number of hydrogen-bond acceptors (Lipinski definition) is 3. The van der Waals surface area contributed by atoms with Gasteiger partial charge in [-0.15, -0.1) is 0 Å². The number of isocyanates is 1. The lowest BCUT2D eigenvalue weighted by Crippen LogP contribution is -1.81. The highest BCUT2D eigenvalue weighted by molar-refractivity contribution is 9.10. The molecule has 0 bridgehead atoms. The van der Waals surface area contributed by atoms with Gasteiger partial charge in [0, 0.05) is 10.7 Å². The molecule has 0 atom stereocenters. The highest BCUT2D eigenvalue weighted by Crippen LogP contribution is 2.19. The van der Waals surface area contributed by atoms with Crippen LogP contribution in [0.1, 0.15) is 0 Å². The molecule has 1 rings (SSSR count). The van der Waals surface area contributed by atoms with Crippen LogP contribution in [0.4, 0.5) is 10.1 Å². The average Bonchev–Trinajstić information content (AvgIpc) is 1.98. The second kappa shape index (κ2) is 3.37. The predicted molar refractivity (Wildman–Crippen MR) is 39.7 cm³/mol. The number of nitrogens with zero attached hydrogens (tertiary/aromatic N) is 2. The maximum Gasteiger partial charge on any atom is 0.240 e. The van der Waals surface area contributed by atoms with Crippen LogP contribution in [-0.2, 0) is 4.79 Å². The van der Waals surface area contributed by atoms with Crippen LogP contribution in [0.25, 0.3) is 0 Å². The van der Waals surface area contributed by atoms with Gasteiger partial charge in [-0.1, -0.05) is 0 Å². The standard InChI is InChI=1S/C6H2BrFN2O/c7-4-1-5(10-3-11)6(8)9-2-4/h1-2H. The Morgan fingerprint density at radius 1 is 1.73 bits per heavy atom. The van der Waals surface area contributed by atoms with E-state index in [1.807, 2.05) is 0 Å². The summed E-state index contributed by atoms with van der Waals surface area (Å²) in [4.78, 5) is 16.1. The molecule has 0 aliphatic heterocycles. The van der Waals surface area contributed by atoms with E-state index in [2.05, 4.69) is 25.9 Å². The van der Waals surface area contributed by atoms with Crippen molar-refractivity contribution in [3.05, 3.63) is 22.7 Å². The van der Waals surface area contributed by atoms with Crippen molar-refractivity contribution in [3.8, 4) is 0 Å². The van der Waals surface area contributed by atoms with E-state index < -0.39 is 5.95 Å². The van der Waals surface area contributed by atoms with Crippen LogP contribution in [0.5, 0.6) is 0 Å². The lowest BCUT2D eigenvalue weighted by molar-refractivity contribution is 0.562. The SMILES string of the molecule is O=C=Nc1cc(Br)cnc1F. The maximum absolute atomic E-state index is 12.6. The molecule has 0 N–H and O–H groups in total. The van der Waals surface area contributed by atoms with Crippen molar-refractivity contribution in [1.29, 1.82) is 0 Å². The van der Waals surface area contributed by atoms with Crippen molar-refractivity contribution in [2.24, 2.45) is 4.99 Å². The predicted octanol–water partition coefficient (Wildman–Crippen LogP) is 1.95. The topological polar surface area (TPSA) is 42.3 Å². The summed E-state index contributed by atoms with van der Waals surface area (Å²) in [5, 5.41) is 0. The molecule has 0 saturated heterocycles. The van der Waals surface area contributed by atoms with Gasteiger partial charge in [-0.05, 0) is 22.0 Å². The third-order valence-electron chi connectivity index (χ3n) is 0.953. The molecule has 0 radical (unpaired) electrons. The van der Waals surface area contributed by atoms with Gasteiger partial charge in [-0.2, -0.15) is 9.38 Å². The number of rotatable bonds is 1. The van der Waals surface area contributed by atoms with Crippen molar-refractivity contribution in [2.75, 3.05) is 0 Å². The van der Waals surface area contributed by atoms with Crippen molar-refractivity contribution in [2.45, 2.75) is 0 Å². The summed E-state index contributed by atoms with van der Waals surface area (Å²) in [6, 6.07) is 1.34. The molecule has 0 fully saturated rings. The Bertz CT molecular complexity index is 322. The Labute approximate surface area is 70.1 Å². The Morgan fingerprint density at radius 3 is 3.09 bits per heavy atom. The second-order valence-electron chi connectivity index (χ2n) is 1.67. The van der Waals surface area contributed by atoms with Crippen LogP contribution >= 0.6 is 15.9 Å². The first kappa shape index (κ1) is 8.04. The van der Waals surface area contributed by atoms with Crippen molar-refractivity contribution in [3.63, 3.8) is 0 Å². The molecule has 1 aromatic heterocycles. The molecule has 0 saturated carbocycles. The lowest BCUT2D eigenvalue weighted by atomic mass is 10.4. The number of halogens is 2. The van der Waals surface area contributed by atoms with Crippen LogP contribution < -0.4 is 0 Å². The van der Waals surface area contributed by atoms with E-state index in [9.17, 15) is 9.18 Å². The molecule has 5 heteroatoms. The molecular formula is C6H2BrFN2O. The van der Waals surface area contributed by atoms with Crippen LogP contribution in [0.15, 0.2) is 21.7 Å². The summed E-state index contributed by atoms with van der Waals surface area (Å²) < 4.78 is 13.1. The van der Waals surface area contributed by atoms with E-state index >= 15 is 0 Å². The molecule has 0 aromatic carbocycles. The zero-order valence-electron chi connectivity index (χ0n) is 5.21. The van der Waals surface area contributed by atoms with Gasteiger partial charge < -0.3 is 0 Å². The minimum absolute atomic E-state index is 0.116. The quantitative estimate of drug-likeness (QED) is 0.409. The number of pyridine rings is 1. The Balaban J connectivity index is 3.22. The normalized spacial score (nSPS) is 8.91. The minimum Gasteiger partial charge on any atom is -0.225 e. The van der Waals surface area contributed by atoms with Gasteiger partial charge in [0.1, 0.15) is 5.69 Å². The summed E-state index contributed by atoms with van der Waals surface area (Å²) in [6.07, 6.45) is 2.50. The van der Waals surface area contributed by atoms with Gasteiger partial charge in [0.25, 0.3) is 0 Å². The minimum atomic E-state index is -0.781. The monoisotopic (exact) mass is 216 g/mol. The summed E-state index contributed by atoms with van der Waals surface area (Å²) >= 11 is 3.05. The Morgan fingerprint density at radius 2 is 2.45 bits per heavy atom. The smallest absolute Gasteiger partial charge is 0.225 e. The fraction of sp³-hybridized carbons (Fsp3) is 0. The van der Waals surface area contributed by atoms with E-state index in [1.54, 1.807) is 0 Å². The Kier molecular flexibility index (Phi) is 2.46. The lowest BCUT2D eigenvalue weighted by Gasteiger charge is -1.92. The maximum atomic E-state index is 12.6. The highest BCUT2D eigenvalue weighted by atomic mass is 79.9. The van der Waals surface area contributed by atoms with Crippen LogP contribution in [-0.4, -0.2) is 11.1 Å². The van der Waals surface area contributed by atoms with Crippen LogP contribution in [0.2, 0.25) is 0 Å². The first-order valence-corrected chi connectivity index (χ1v) is 3.42. The third kappa shape index (κ3) is 1.93. The number of aromatic nitrogens is 1. The Hall–Kier alpha value is -1.06. The van der Waals surface area contributed by atoms with Crippen molar-refractivity contribution >= 4 is 27.7 Å². The molecule has 0 spiro atoms. The summed E-state index contributed by atoms with van der Waals surface area (Å²) in [7, 11) is 0.